The summed E-state index contributed by atoms with van der Waals surface area (Å²) in [5, 5.41) is 7.47. The predicted octanol–water partition coefficient (Wildman–Crippen LogP) is 14.0. The van der Waals surface area contributed by atoms with Crippen molar-refractivity contribution in [2.75, 3.05) is 0 Å². The van der Waals surface area contributed by atoms with Gasteiger partial charge in [-0.05, 0) is 89.0 Å². The van der Waals surface area contributed by atoms with Gasteiger partial charge >= 0.3 is 0 Å². The van der Waals surface area contributed by atoms with Crippen LogP contribution in [0.3, 0.4) is 0 Å². The second-order valence-corrected chi connectivity index (χ2v) is 15.6. The number of fused-ring (bicyclic) bond motifs is 7. The second-order valence-electron chi connectivity index (χ2n) is 15.6. The van der Waals surface area contributed by atoms with Crippen LogP contribution in [0.2, 0.25) is 0 Å². The van der Waals surface area contributed by atoms with E-state index in [2.05, 4.69) is 196 Å². The highest BCUT2D eigenvalue weighted by atomic mass is 15.0. The van der Waals surface area contributed by atoms with Crippen molar-refractivity contribution in [2.45, 2.75) is 19.3 Å². The fourth-order valence-electron chi connectivity index (χ4n) is 8.97. The number of nitrogens with zero attached hydrogens (tertiary/aromatic N) is 3. The zero-order valence-electron chi connectivity index (χ0n) is 31.7. The highest BCUT2D eigenvalue weighted by Gasteiger charge is 2.35. The molecule has 3 heteroatoms. The largest absolute Gasteiger partial charge is 0.208 e. The van der Waals surface area contributed by atoms with Crippen molar-refractivity contribution in [3.8, 4) is 67.5 Å². The van der Waals surface area contributed by atoms with Crippen molar-refractivity contribution in [3.05, 3.63) is 199 Å². The van der Waals surface area contributed by atoms with E-state index in [1.54, 1.807) is 0 Å². The highest BCUT2D eigenvalue weighted by molar-refractivity contribution is 6.20. The van der Waals surface area contributed by atoms with Crippen molar-refractivity contribution >= 4 is 32.3 Å². The average Bonchev–Trinajstić information content (AvgIpc) is 3.51. The summed E-state index contributed by atoms with van der Waals surface area (Å²) in [6.07, 6.45) is 0. The summed E-state index contributed by atoms with van der Waals surface area (Å²) in [7, 11) is 0. The van der Waals surface area contributed by atoms with Crippen molar-refractivity contribution in [1.82, 2.24) is 15.0 Å². The predicted molar refractivity (Wildman–Crippen MR) is 237 cm³/mol. The summed E-state index contributed by atoms with van der Waals surface area (Å²) in [6, 6.07) is 67.4. The molecule has 1 aromatic heterocycles. The standard InChI is InChI=1S/C54H37N3/c1-54(2)48-19-11-10-18-44(48)45-30-29-41(33-49(45)54)53-56-51(38-24-20-35(21-25-38)34-12-4-3-5-13-34)55-52(57-53)39-26-22-37(23-27-39)50-43-17-9-7-15-40(43)32-47-42-16-8-6-14-36(42)28-31-46(47)50/h3-33H,1-2H3. The quantitative estimate of drug-likeness (QED) is 0.131. The first-order valence-electron chi connectivity index (χ1n) is 19.6. The number of benzene rings is 9. The maximum Gasteiger partial charge on any atom is 0.164 e. The van der Waals surface area contributed by atoms with E-state index in [1.165, 1.54) is 65.7 Å². The molecule has 0 N–H and O–H groups in total. The van der Waals surface area contributed by atoms with E-state index in [1.807, 2.05) is 6.07 Å². The van der Waals surface area contributed by atoms with Crippen LogP contribution in [0.1, 0.15) is 25.0 Å². The van der Waals surface area contributed by atoms with Crippen molar-refractivity contribution < 1.29 is 0 Å². The normalized spacial score (nSPS) is 12.9. The molecule has 0 atom stereocenters. The Bertz CT molecular complexity index is 3180. The van der Waals surface area contributed by atoms with Crippen molar-refractivity contribution in [3.63, 3.8) is 0 Å². The molecule has 57 heavy (non-hydrogen) atoms. The minimum Gasteiger partial charge on any atom is -0.208 e. The Labute approximate surface area is 332 Å². The molecule has 0 unspecified atom stereocenters. The number of aromatic nitrogens is 3. The molecule has 9 aromatic carbocycles. The van der Waals surface area contributed by atoms with E-state index in [9.17, 15) is 0 Å². The van der Waals surface area contributed by atoms with Crippen LogP contribution in [0, 0.1) is 0 Å². The van der Waals surface area contributed by atoms with Crippen LogP contribution in [0.15, 0.2) is 188 Å². The summed E-state index contributed by atoms with van der Waals surface area (Å²) in [6.45, 7) is 4.62. The van der Waals surface area contributed by atoms with E-state index in [4.69, 9.17) is 15.0 Å². The Morgan fingerprint density at radius 3 is 1.58 bits per heavy atom. The highest BCUT2D eigenvalue weighted by Crippen LogP contribution is 2.49. The molecule has 0 aliphatic heterocycles. The maximum absolute atomic E-state index is 5.20. The minimum atomic E-state index is -0.137. The van der Waals surface area contributed by atoms with Gasteiger partial charge in [0, 0.05) is 22.1 Å². The second kappa shape index (κ2) is 12.9. The van der Waals surface area contributed by atoms with Gasteiger partial charge in [-0.2, -0.15) is 0 Å². The Balaban J connectivity index is 1.05. The van der Waals surface area contributed by atoms with Crippen LogP contribution in [-0.4, -0.2) is 15.0 Å². The van der Waals surface area contributed by atoms with Crippen LogP contribution >= 0.6 is 0 Å². The SMILES string of the molecule is CC1(C)c2ccccc2-c2ccc(-c3nc(-c4ccc(-c5ccccc5)cc4)nc(-c4ccc(-c5c6ccccc6cc6c5ccc5ccccc56)cc4)n3)cc21. The molecular weight excluding hydrogens is 691 g/mol. The fourth-order valence-corrected chi connectivity index (χ4v) is 8.97. The summed E-state index contributed by atoms with van der Waals surface area (Å²) in [5.41, 5.74) is 12.6. The lowest BCUT2D eigenvalue weighted by Crippen LogP contribution is -2.15. The molecule has 0 amide bonds. The molecule has 0 saturated carbocycles. The summed E-state index contributed by atoms with van der Waals surface area (Å²) >= 11 is 0. The molecular formula is C54H37N3. The van der Waals surface area contributed by atoms with Gasteiger partial charge in [-0.1, -0.05) is 190 Å². The molecule has 0 saturated heterocycles. The maximum atomic E-state index is 5.20. The van der Waals surface area contributed by atoms with Gasteiger partial charge < -0.3 is 0 Å². The fraction of sp³-hybridized carbons (Fsp3) is 0.0556. The van der Waals surface area contributed by atoms with Crippen molar-refractivity contribution in [1.29, 1.82) is 0 Å². The van der Waals surface area contributed by atoms with E-state index < -0.39 is 0 Å². The average molecular weight is 728 g/mol. The van der Waals surface area contributed by atoms with E-state index in [-0.39, 0.29) is 5.41 Å². The molecule has 11 rings (SSSR count). The lowest BCUT2D eigenvalue weighted by Gasteiger charge is -2.21. The third-order valence-corrected chi connectivity index (χ3v) is 11.9. The van der Waals surface area contributed by atoms with E-state index in [0.29, 0.717) is 17.5 Å². The molecule has 1 aliphatic rings. The molecule has 1 aliphatic carbocycles. The Kier molecular flexibility index (Phi) is 7.52. The van der Waals surface area contributed by atoms with Gasteiger partial charge in [-0.15, -0.1) is 0 Å². The van der Waals surface area contributed by atoms with Gasteiger partial charge in [0.1, 0.15) is 0 Å². The number of rotatable bonds is 5. The molecule has 268 valence electrons. The van der Waals surface area contributed by atoms with E-state index in [0.717, 1.165) is 27.8 Å². The molecule has 0 spiro atoms. The lowest BCUT2D eigenvalue weighted by atomic mass is 9.82. The molecule has 0 fully saturated rings. The van der Waals surface area contributed by atoms with Gasteiger partial charge in [0.25, 0.3) is 0 Å². The van der Waals surface area contributed by atoms with Crippen LogP contribution in [-0.2, 0) is 5.41 Å². The lowest BCUT2D eigenvalue weighted by molar-refractivity contribution is 0.660. The first-order valence-corrected chi connectivity index (χ1v) is 19.6. The molecule has 3 nitrogen and oxygen atoms in total. The van der Waals surface area contributed by atoms with Crippen molar-refractivity contribution in [2.24, 2.45) is 0 Å². The van der Waals surface area contributed by atoms with Crippen LogP contribution in [0.25, 0.3) is 99.9 Å². The Morgan fingerprint density at radius 2 is 0.842 bits per heavy atom. The number of hydrogen-bond acceptors (Lipinski definition) is 3. The third-order valence-electron chi connectivity index (χ3n) is 11.9. The topological polar surface area (TPSA) is 38.7 Å². The molecule has 10 aromatic rings. The minimum absolute atomic E-state index is 0.137. The summed E-state index contributed by atoms with van der Waals surface area (Å²) in [5.74, 6) is 1.95. The van der Waals surface area contributed by atoms with Gasteiger partial charge in [0.2, 0.25) is 0 Å². The monoisotopic (exact) mass is 727 g/mol. The first-order chi connectivity index (χ1) is 28.0. The Hall–Kier alpha value is -7.23. The first kappa shape index (κ1) is 33.1. The Morgan fingerprint density at radius 1 is 0.316 bits per heavy atom. The van der Waals surface area contributed by atoms with Gasteiger partial charge in [0.15, 0.2) is 17.5 Å². The summed E-state index contributed by atoms with van der Waals surface area (Å²) < 4.78 is 0. The summed E-state index contributed by atoms with van der Waals surface area (Å²) in [4.78, 5) is 15.5. The van der Waals surface area contributed by atoms with Gasteiger partial charge in [0.05, 0.1) is 0 Å². The zero-order valence-corrected chi connectivity index (χ0v) is 31.7. The third kappa shape index (κ3) is 5.46. The molecule has 1 heterocycles. The smallest absolute Gasteiger partial charge is 0.164 e. The zero-order chi connectivity index (χ0) is 38.1. The van der Waals surface area contributed by atoms with Gasteiger partial charge in [-0.25, -0.2) is 15.0 Å². The number of hydrogen-bond donors (Lipinski definition) is 0. The van der Waals surface area contributed by atoms with Crippen LogP contribution in [0.4, 0.5) is 0 Å². The molecule has 0 bridgehead atoms. The van der Waals surface area contributed by atoms with Gasteiger partial charge in [-0.3, -0.25) is 0 Å². The van der Waals surface area contributed by atoms with E-state index >= 15 is 0 Å². The van der Waals surface area contributed by atoms with Crippen LogP contribution in [0.5, 0.6) is 0 Å². The van der Waals surface area contributed by atoms with Crippen LogP contribution < -0.4 is 0 Å². The molecule has 0 radical (unpaired) electrons.